The van der Waals surface area contributed by atoms with Gasteiger partial charge in [0.2, 0.25) is 0 Å². The number of rotatable bonds is 7. The third-order valence-electron chi connectivity index (χ3n) is 5.59. The number of fused-ring (bicyclic) bond motifs is 1. The number of hydrogen-bond donors (Lipinski definition) is 3. The quantitative estimate of drug-likeness (QED) is 0.508. The molecule has 2 amide bonds. The van der Waals surface area contributed by atoms with Crippen LogP contribution in [-0.2, 0) is 4.74 Å². The van der Waals surface area contributed by atoms with Gasteiger partial charge in [0.25, 0.3) is 0 Å². The van der Waals surface area contributed by atoms with Crippen LogP contribution in [0.4, 0.5) is 10.6 Å². The van der Waals surface area contributed by atoms with E-state index in [-0.39, 0.29) is 12.6 Å². The van der Waals surface area contributed by atoms with Crippen molar-refractivity contribution in [2.24, 2.45) is 0 Å². The number of amides is 2. The number of urea groups is 1. The predicted molar refractivity (Wildman–Crippen MR) is 121 cm³/mol. The molecule has 2 aromatic carbocycles. The van der Waals surface area contributed by atoms with Crippen LogP contribution < -0.4 is 5.32 Å². The molecule has 0 spiro atoms. The van der Waals surface area contributed by atoms with Gasteiger partial charge in [-0.25, -0.2) is 4.79 Å². The minimum absolute atomic E-state index is 0.0447. The zero-order valence-corrected chi connectivity index (χ0v) is 17.8. The number of carbonyl (C=O) groups is 1. The van der Waals surface area contributed by atoms with E-state index in [1.807, 2.05) is 11.0 Å². The minimum atomic E-state index is -0.132. The maximum atomic E-state index is 12.7. The Balaban J connectivity index is 1.35. The van der Waals surface area contributed by atoms with Crippen LogP contribution in [0.5, 0.6) is 0 Å². The number of benzene rings is 2. The van der Waals surface area contributed by atoms with Gasteiger partial charge in [-0.3, -0.25) is 15.3 Å². The third kappa shape index (κ3) is 5.22. The van der Waals surface area contributed by atoms with Gasteiger partial charge in [-0.15, -0.1) is 0 Å². The summed E-state index contributed by atoms with van der Waals surface area (Å²) in [6, 6.07) is 14.4. The summed E-state index contributed by atoms with van der Waals surface area (Å²) in [5.41, 5.74) is 4.37. The van der Waals surface area contributed by atoms with E-state index in [0.29, 0.717) is 32.1 Å². The van der Waals surface area contributed by atoms with Crippen molar-refractivity contribution in [2.45, 2.75) is 6.92 Å². The number of aliphatic hydroxyl groups excluding tert-OH is 1. The number of anilines is 1. The van der Waals surface area contributed by atoms with Gasteiger partial charge in [0.1, 0.15) is 0 Å². The Hall–Kier alpha value is -2.94. The van der Waals surface area contributed by atoms with Crippen molar-refractivity contribution in [1.82, 2.24) is 20.0 Å². The van der Waals surface area contributed by atoms with E-state index in [4.69, 9.17) is 9.84 Å². The number of ether oxygens (including phenoxy) is 1. The molecule has 0 unspecified atom stereocenters. The molecule has 2 heterocycles. The van der Waals surface area contributed by atoms with Crippen LogP contribution in [0.3, 0.4) is 0 Å². The zero-order chi connectivity index (χ0) is 21.6. The van der Waals surface area contributed by atoms with Gasteiger partial charge in [-0.05, 0) is 30.2 Å². The molecule has 8 heteroatoms. The summed E-state index contributed by atoms with van der Waals surface area (Å²) < 4.78 is 5.32. The van der Waals surface area contributed by atoms with Crippen LogP contribution in [0.15, 0.2) is 42.5 Å². The number of aromatic amines is 1. The number of hydrogen-bond acceptors (Lipinski definition) is 5. The maximum Gasteiger partial charge on any atom is 0.323 e. The topological polar surface area (TPSA) is 93.7 Å². The van der Waals surface area contributed by atoms with Crippen LogP contribution in [0.1, 0.15) is 5.56 Å². The fourth-order valence-corrected chi connectivity index (χ4v) is 3.83. The van der Waals surface area contributed by atoms with Gasteiger partial charge >= 0.3 is 6.03 Å². The number of aryl methyl sites for hydroxylation is 1. The number of nitrogens with one attached hydrogen (secondary N) is 2. The SMILES string of the molecule is Cc1cccc(-c2ccc3c(NC(=O)N4CCN(CCOCCO)CC4)n[nH]c3c2)c1. The Morgan fingerprint density at radius 1 is 1.13 bits per heavy atom. The average molecular weight is 424 g/mol. The summed E-state index contributed by atoms with van der Waals surface area (Å²) in [5.74, 6) is 0.552. The molecule has 0 aliphatic carbocycles. The molecule has 1 aromatic heterocycles. The normalized spacial score (nSPS) is 14.8. The number of H-pyrrole nitrogens is 1. The lowest BCUT2D eigenvalue weighted by atomic mass is 10.0. The van der Waals surface area contributed by atoms with Crippen LogP contribution in [-0.4, -0.2) is 83.7 Å². The molecule has 3 N–H and O–H groups in total. The molecule has 1 fully saturated rings. The van der Waals surface area contributed by atoms with Crippen LogP contribution >= 0.6 is 0 Å². The van der Waals surface area contributed by atoms with Gasteiger partial charge in [0.05, 0.1) is 25.3 Å². The van der Waals surface area contributed by atoms with Gasteiger partial charge in [0, 0.05) is 38.1 Å². The average Bonchev–Trinajstić information content (AvgIpc) is 3.19. The molecule has 0 radical (unpaired) electrons. The summed E-state index contributed by atoms with van der Waals surface area (Å²) in [6.07, 6.45) is 0. The molecule has 0 bridgehead atoms. The highest BCUT2D eigenvalue weighted by atomic mass is 16.5. The van der Waals surface area contributed by atoms with Crippen molar-refractivity contribution in [2.75, 3.05) is 57.9 Å². The standard InChI is InChI=1S/C23H29N5O3/c1-17-3-2-4-18(15-17)19-5-6-20-21(16-19)25-26-22(20)24-23(30)28-9-7-27(8-10-28)11-13-31-14-12-29/h2-6,15-16,29H,7-14H2,1H3,(H2,24,25,26,30). The summed E-state index contributed by atoms with van der Waals surface area (Å²) in [6.45, 7) is 6.82. The molecule has 1 saturated heterocycles. The molecule has 0 atom stereocenters. The van der Waals surface area contributed by atoms with E-state index in [0.717, 1.165) is 41.7 Å². The van der Waals surface area contributed by atoms with E-state index in [2.05, 4.69) is 63.7 Å². The molecule has 1 aliphatic heterocycles. The monoisotopic (exact) mass is 423 g/mol. The molecule has 1 aliphatic rings. The van der Waals surface area contributed by atoms with Crippen molar-refractivity contribution < 1.29 is 14.6 Å². The Morgan fingerprint density at radius 3 is 2.71 bits per heavy atom. The molecule has 164 valence electrons. The first-order chi connectivity index (χ1) is 15.1. The van der Waals surface area contributed by atoms with Crippen molar-refractivity contribution in [3.05, 3.63) is 48.0 Å². The smallest absolute Gasteiger partial charge is 0.323 e. The number of carbonyl (C=O) groups excluding carboxylic acids is 1. The van der Waals surface area contributed by atoms with Crippen molar-refractivity contribution in [3.63, 3.8) is 0 Å². The largest absolute Gasteiger partial charge is 0.394 e. The summed E-state index contributed by atoms with van der Waals surface area (Å²) in [5, 5.41) is 20.0. The Labute approximate surface area is 181 Å². The lowest BCUT2D eigenvalue weighted by molar-refractivity contribution is 0.0627. The Kier molecular flexibility index (Phi) is 6.81. The fourth-order valence-electron chi connectivity index (χ4n) is 3.83. The first-order valence-corrected chi connectivity index (χ1v) is 10.7. The molecular formula is C23H29N5O3. The van der Waals surface area contributed by atoms with Crippen LogP contribution in [0.25, 0.3) is 22.0 Å². The zero-order valence-electron chi connectivity index (χ0n) is 17.8. The second kappa shape index (κ2) is 9.91. The second-order valence-electron chi connectivity index (χ2n) is 7.80. The highest BCUT2D eigenvalue weighted by Gasteiger charge is 2.22. The fraction of sp³-hybridized carbons (Fsp3) is 0.391. The molecule has 31 heavy (non-hydrogen) atoms. The van der Waals surface area contributed by atoms with E-state index in [1.165, 1.54) is 5.56 Å². The molecule has 8 nitrogen and oxygen atoms in total. The number of piperazine rings is 1. The van der Waals surface area contributed by atoms with Gasteiger partial charge in [0.15, 0.2) is 5.82 Å². The van der Waals surface area contributed by atoms with Gasteiger partial charge in [-0.2, -0.15) is 5.10 Å². The minimum Gasteiger partial charge on any atom is -0.394 e. The highest BCUT2D eigenvalue weighted by Crippen LogP contribution is 2.27. The van der Waals surface area contributed by atoms with E-state index in [1.54, 1.807) is 0 Å². The Morgan fingerprint density at radius 2 is 1.94 bits per heavy atom. The van der Waals surface area contributed by atoms with Crippen molar-refractivity contribution in [3.8, 4) is 11.1 Å². The Bertz CT molecular complexity index is 1030. The van der Waals surface area contributed by atoms with E-state index >= 15 is 0 Å². The number of aromatic nitrogens is 2. The van der Waals surface area contributed by atoms with Gasteiger partial charge < -0.3 is 14.7 Å². The number of aliphatic hydroxyl groups is 1. The summed E-state index contributed by atoms with van der Waals surface area (Å²) in [7, 11) is 0. The summed E-state index contributed by atoms with van der Waals surface area (Å²) >= 11 is 0. The number of nitrogens with zero attached hydrogens (tertiary/aromatic N) is 3. The highest BCUT2D eigenvalue weighted by molar-refractivity contribution is 6.00. The van der Waals surface area contributed by atoms with Crippen LogP contribution in [0.2, 0.25) is 0 Å². The predicted octanol–water partition coefficient (Wildman–Crippen LogP) is 2.70. The molecule has 4 rings (SSSR count). The lowest BCUT2D eigenvalue weighted by Crippen LogP contribution is -2.50. The molecular weight excluding hydrogens is 394 g/mol. The lowest BCUT2D eigenvalue weighted by Gasteiger charge is -2.34. The van der Waals surface area contributed by atoms with E-state index < -0.39 is 0 Å². The second-order valence-corrected chi connectivity index (χ2v) is 7.80. The summed E-state index contributed by atoms with van der Waals surface area (Å²) in [4.78, 5) is 16.8. The maximum absolute atomic E-state index is 12.7. The first kappa shape index (κ1) is 21.3. The molecule has 0 saturated carbocycles. The van der Waals surface area contributed by atoms with Crippen molar-refractivity contribution in [1.29, 1.82) is 0 Å². The van der Waals surface area contributed by atoms with Gasteiger partial charge in [-0.1, -0.05) is 35.9 Å². The first-order valence-electron chi connectivity index (χ1n) is 10.7. The van der Waals surface area contributed by atoms with Crippen LogP contribution in [0, 0.1) is 6.92 Å². The third-order valence-corrected chi connectivity index (χ3v) is 5.59. The van der Waals surface area contributed by atoms with E-state index in [9.17, 15) is 4.79 Å². The van der Waals surface area contributed by atoms with Crippen molar-refractivity contribution >= 4 is 22.8 Å². The molecule has 3 aromatic rings.